The second-order valence-electron chi connectivity index (χ2n) is 6.91. The molecular weight excluding hydrogens is 632 g/mol. The zero-order valence-corrected chi connectivity index (χ0v) is 22.2. The molecule has 0 heterocycles. The molecule has 0 aromatic rings. The number of carbonyl (C=O) groups is 5. The van der Waals surface area contributed by atoms with Crippen LogP contribution in [0.5, 0.6) is 0 Å². The van der Waals surface area contributed by atoms with E-state index in [2.05, 4.69) is 16.0 Å². The van der Waals surface area contributed by atoms with E-state index in [1.165, 1.54) is 11.8 Å². The highest BCUT2D eigenvalue weighted by Crippen LogP contribution is 2.01. The summed E-state index contributed by atoms with van der Waals surface area (Å²) in [7, 11) is 0. The Balaban J connectivity index is 4.31. The van der Waals surface area contributed by atoms with Crippen molar-refractivity contribution < 1.29 is 24.0 Å². The van der Waals surface area contributed by atoms with Crippen molar-refractivity contribution in [1.82, 2.24) is 20.9 Å². The lowest BCUT2D eigenvalue weighted by atomic mass is 10.1. The first-order valence-corrected chi connectivity index (χ1v) is 13.2. The molecule has 0 unspecified atom stereocenters. The number of alkyl halides is 2. The molecule has 178 valence electrons. The third-order valence-electron chi connectivity index (χ3n) is 4.36. The number of amides is 4. The topological polar surface area (TPSA) is 151 Å². The van der Waals surface area contributed by atoms with Gasteiger partial charge in [-0.1, -0.05) is 45.2 Å². The zero-order chi connectivity index (χ0) is 23.6. The summed E-state index contributed by atoms with van der Waals surface area (Å²) >= 11 is 3.91. The Morgan fingerprint density at radius 2 is 1.32 bits per heavy atom. The number of unbranched alkanes of at least 4 members (excludes halogenated alkanes) is 1. The first kappa shape index (κ1) is 30.0. The van der Waals surface area contributed by atoms with Gasteiger partial charge in [0.2, 0.25) is 23.6 Å². The van der Waals surface area contributed by atoms with E-state index in [0.29, 0.717) is 54.4 Å². The number of nitrogens with two attached hydrogens (primary N) is 1. The van der Waals surface area contributed by atoms with E-state index in [-0.39, 0.29) is 42.3 Å². The number of hydrogen-bond acceptors (Lipinski definition) is 6. The van der Waals surface area contributed by atoms with Crippen LogP contribution in [0, 0.1) is 0 Å². The molecule has 0 aliphatic rings. The lowest BCUT2D eigenvalue weighted by Gasteiger charge is -2.23. The molecule has 4 amide bonds. The van der Waals surface area contributed by atoms with Crippen LogP contribution in [0.1, 0.15) is 39.0 Å². The molecule has 0 aromatic heterocycles. The molecule has 0 spiro atoms. The summed E-state index contributed by atoms with van der Waals surface area (Å²) in [6.45, 7) is 3.15. The predicted molar refractivity (Wildman–Crippen MR) is 135 cm³/mol. The molecule has 0 saturated carbocycles. The summed E-state index contributed by atoms with van der Waals surface area (Å²) in [5.41, 5.74) is 5.66. The number of halogens is 2. The van der Waals surface area contributed by atoms with E-state index in [4.69, 9.17) is 5.73 Å². The van der Waals surface area contributed by atoms with Gasteiger partial charge in [0.1, 0.15) is 5.78 Å². The number of hydrogen-bond donors (Lipinski definition) is 4. The Morgan fingerprint density at radius 1 is 0.806 bits per heavy atom. The minimum Gasteiger partial charge on any atom is -0.356 e. The number of rotatable bonds is 17. The van der Waals surface area contributed by atoms with Crippen molar-refractivity contribution in [3.05, 3.63) is 0 Å². The summed E-state index contributed by atoms with van der Waals surface area (Å²) in [6.07, 6.45) is 2.13. The van der Waals surface area contributed by atoms with Gasteiger partial charge < -0.3 is 26.6 Å². The van der Waals surface area contributed by atoms with Gasteiger partial charge in [0.25, 0.3) is 0 Å². The van der Waals surface area contributed by atoms with E-state index in [1.807, 2.05) is 45.2 Å². The van der Waals surface area contributed by atoms with Gasteiger partial charge in [0.15, 0.2) is 0 Å². The van der Waals surface area contributed by atoms with Gasteiger partial charge in [-0.2, -0.15) is 0 Å². The fourth-order valence-electron chi connectivity index (χ4n) is 2.50. The Morgan fingerprint density at radius 3 is 1.81 bits per heavy atom. The average molecular weight is 665 g/mol. The van der Waals surface area contributed by atoms with Gasteiger partial charge in [0.05, 0.1) is 14.9 Å². The van der Waals surface area contributed by atoms with Gasteiger partial charge in [-0.3, -0.25) is 24.0 Å². The first-order chi connectivity index (χ1) is 14.7. The zero-order valence-electron chi connectivity index (χ0n) is 17.9. The van der Waals surface area contributed by atoms with Crippen LogP contribution < -0.4 is 21.7 Å². The second kappa shape index (κ2) is 18.5. The number of carbonyl (C=O) groups excluding carboxylic acids is 5. The number of nitrogens with one attached hydrogen (secondary N) is 3. The van der Waals surface area contributed by atoms with Gasteiger partial charge >= 0.3 is 0 Å². The molecule has 0 radical (unpaired) electrons. The normalized spacial score (nSPS) is 11.4. The van der Waals surface area contributed by atoms with Gasteiger partial charge in [-0.15, -0.1) is 0 Å². The molecule has 0 saturated heterocycles. The molecule has 10 nitrogen and oxygen atoms in total. The van der Waals surface area contributed by atoms with Crippen LogP contribution in [0.2, 0.25) is 0 Å². The molecule has 0 fully saturated rings. The first-order valence-electron chi connectivity index (χ1n) is 10.2. The molecule has 12 heteroatoms. The Labute approximate surface area is 210 Å². The molecule has 31 heavy (non-hydrogen) atoms. The quantitative estimate of drug-likeness (QED) is 0.0969. The van der Waals surface area contributed by atoms with E-state index >= 15 is 0 Å². The van der Waals surface area contributed by atoms with Crippen molar-refractivity contribution in [2.45, 2.75) is 45.1 Å². The summed E-state index contributed by atoms with van der Waals surface area (Å²) in [4.78, 5) is 59.9. The monoisotopic (exact) mass is 665 g/mol. The fraction of sp³-hybridized carbons (Fsp3) is 0.737. The SMILES string of the molecule is CC(=O)[C@@H](N)CCCCNC(=O)CCC(=O)N(CCNC(=O)CI)CCNC(=O)CI. The molecule has 5 N–H and O–H groups in total. The number of nitrogens with zero attached hydrogens (tertiary/aromatic N) is 1. The minimum absolute atomic E-state index is 0.0432. The van der Waals surface area contributed by atoms with Crippen LogP contribution in [-0.2, 0) is 24.0 Å². The molecule has 0 bridgehead atoms. The molecule has 0 aliphatic carbocycles. The van der Waals surface area contributed by atoms with Crippen LogP contribution in [0.15, 0.2) is 0 Å². The van der Waals surface area contributed by atoms with Gasteiger partial charge in [-0.05, 0) is 26.2 Å². The molecule has 0 rings (SSSR count). The van der Waals surface area contributed by atoms with Crippen LogP contribution in [-0.4, -0.2) is 81.9 Å². The van der Waals surface area contributed by atoms with E-state index in [1.54, 1.807) is 0 Å². The van der Waals surface area contributed by atoms with Crippen molar-refractivity contribution in [3.8, 4) is 0 Å². The molecule has 1 atom stereocenters. The van der Waals surface area contributed by atoms with Crippen LogP contribution in [0.25, 0.3) is 0 Å². The molecule has 0 aliphatic heterocycles. The Kier molecular flexibility index (Phi) is 17.9. The van der Waals surface area contributed by atoms with Crippen molar-refractivity contribution in [3.63, 3.8) is 0 Å². The van der Waals surface area contributed by atoms with Crippen molar-refractivity contribution >= 4 is 74.6 Å². The highest BCUT2D eigenvalue weighted by Gasteiger charge is 2.15. The third kappa shape index (κ3) is 16.3. The highest BCUT2D eigenvalue weighted by molar-refractivity contribution is 14.1. The van der Waals surface area contributed by atoms with Gasteiger partial charge in [-0.25, -0.2) is 0 Å². The maximum Gasteiger partial charge on any atom is 0.229 e. The number of ketones is 1. The third-order valence-corrected chi connectivity index (χ3v) is 5.74. The average Bonchev–Trinajstić information content (AvgIpc) is 2.75. The smallest absolute Gasteiger partial charge is 0.229 e. The molecular formula is C19H33I2N5O5. The largest absolute Gasteiger partial charge is 0.356 e. The van der Waals surface area contributed by atoms with E-state index < -0.39 is 6.04 Å². The van der Waals surface area contributed by atoms with Crippen molar-refractivity contribution in [2.75, 3.05) is 41.6 Å². The summed E-state index contributed by atoms with van der Waals surface area (Å²) in [6, 6.07) is -0.456. The predicted octanol–water partition coefficient (Wildman–Crippen LogP) is -0.0996. The van der Waals surface area contributed by atoms with Crippen LogP contribution in [0.3, 0.4) is 0 Å². The summed E-state index contributed by atoms with van der Waals surface area (Å²) in [5.74, 6) is -0.713. The van der Waals surface area contributed by atoms with Crippen molar-refractivity contribution in [1.29, 1.82) is 0 Å². The van der Waals surface area contributed by atoms with E-state index in [0.717, 1.165) is 6.42 Å². The van der Waals surface area contributed by atoms with Gasteiger partial charge in [0, 0.05) is 45.6 Å². The maximum atomic E-state index is 12.5. The van der Waals surface area contributed by atoms with Crippen LogP contribution >= 0.6 is 45.2 Å². The minimum atomic E-state index is -0.456. The molecule has 0 aromatic carbocycles. The second-order valence-corrected chi connectivity index (χ2v) is 8.44. The maximum absolute atomic E-state index is 12.5. The lowest BCUT2D eigenvalue weighted by molar-refractivity contribution is -0.134. The number of Topliss-reactive ketones (excluding diaryl/α,β-unsaturated/α-hetero) is 1. The summed E-state index contributed by atoms with van der Waals surface area (Å²) < 4.78 is 0.663. The fourth-order valence-corrected chi connectivity index (χ4v) is 3.04. The highest BCUT2D eigenvalue weighted by atomic mass is 127. The van der Waals surface area contributed by atoms with Crippen LogP contribution in [0.4, 0.5) is 0 Å². The standard InChI is InChI=1S/C19H33I2N5O5/c1-14(27)15(22)4-2-3-7-23-16(28)5-6-19(31)26(10-8-24-17(29)12-20)11-9-25-18(30)13-21/h15H,2-13,22H2,1H3,(H,23,28)(H,24,29)(H,25,30)/t15-/m0/s1. The Hall–Kier alpha value is -1.03. The Bertz CT molecular complexity index is 584. The lowest BCUT2D eigenvalue weighted by Crippen LogP contribution is -2.43. The van der Waals surface area contributed by atoms with E-state index in [9.17, 15) is 24.0 Å². The van der Waals surface area contributed by atoms with Crippen molar-refractivity contribution in [2.24, 2.45) is 5.73 Å². The summed E-state index contributed by atoms with van der Waals surface area (Å²) in [5, 5.41) is 8.18.